The fourth-order valence-electron chi connectivity index (χ4n) is 2.81. The van der Waals surface area contributed by atoms with Crippen molar-refractivity contribution >= 4 is 5.78 Å². The predicted octanol–water partition coefficient (Wildman–Crippen LogP) is 3.01. The first-order valence-corrected chi connectivity index (χ1v) is 6.39. The Hall–Kier alpha value is -0.370. The van der Waals surface area contributed by atoms with Crippen molar-refractivity contribution < 1.29 is 4.79 Å². The van der Waals surface area contributed by atoms with E-state index in [0.29, 0.717) is 11.3 Å². The SMILES string of the molecule is CCCC(C)(CCC)N1CCC(=O)CC1. The predicted molar refractivity (Wildman–Crippen MR) is 64.0 cm³/mol. The summed E-state index contributed by atoms with van der Waals surface area (Å²) in [6.07, 6.45) is 6.53. The first kappa shape index (κ1) is 12.7. The summed E-state index contributed by atoms with van der Waals surface area (Å²) in [6.45, 7) is 8.84. The highest BCUT2D eigenvalue weighted by Crippen LogP contribution is 2.28. The Kier molecular flexibility index (Phi) is 4.78. The van der Waals surface area contributed by atoms with Gasteiger partial charge in [-0.2, -0.15) is 0 Å². The van der Waals surface area contributed by atoms with Crippen LogP contribution in [0, 0.1) is 0 Å². The van der Waals surface area contributed by atoms with Gasteiger partial charge in [-0.1, -0.05) is 26.7 Å². The van der Waals surface area contributed by atoms with Crippen molar-refractivity contribution in [1.82, 2.24) is 4.90 Å². The molecule has 0 aromatic heterocycles. The number of nitrogens with zero attached hydrogens (tertiary/aromatic N) is 1. The molecule has 0 radical (unpaired) electrons. The minimum absolute atomic E-state index is 0.337. The van der Waals surface area contributed by atoms with Crippen LogP contribution in [0.2, 0.25) is 0 Å². The fraction of sp³-hybridized carbons (Fsp3) is 0.923. The second-order valence-electron chi connectivity index (χ2n) is 5.02. The molecule has 1 heterocycles. The van der Waals surface area contributed by atoms with Crippen molar-refractivity contribution in [2.45, 2.75) is 64.8 Å². The van der Waals surface area contributed by atoms with Gasteiger partial charge >= 0.3 is 0 Å². The highest BCUT2D eigenvalue weighted by Gasteiger charge is 2.32. The quantitative estimate of drug-likeness (QED) is 0.696. The Bertz CT molecular complexity index is 197. The van der Waals surface area contributed by atoms with E-state index in [0.717, 1.165) is 25.9 Å². The minimum atomic E-state index is 0.337. The summed E-state index contributed by atoms with van der Waals surface area (Å²) in [5.41, 5.74) is 0.337. The molecule has 1 fully saturated rings. The molecule has 1 aliphatic rings. The van der Waals surface area contributed by atoms with Gasteiger partial charge in [0.25, 0.3) is 0 Å². The molecule has 0 atom stereocenters. The lowest BCUT2D eigenvalue weighted by Gasteiger charge is -2.43. The first-order chi connectivity index (χ1) is 7.12. The van der Waals surface area contributed by atoms with Crippen LogP contribution in [-0.4, -0.2) is 29.3 Å². The molecule has 0 aliphatic carbocycles. The van der Waals surface area contributed by atoms with Gasteiger partial charge in [0.05, 0.1) is 0 Å². The topological polar surface area (TPSA) is 20.3 Å². The van der Waals surface area contributed by atoms with E-state index in [1.54, 1.807) is 0 Å². The molecule has 0 aromatic rings. The lowest BCUT2D eigenvalue weighted by molar-refractivity contribution is -0.122. The van der Waals surface area contributed by atoms with Gasteiger partial charge in [-0.05, 0) is 19.8 Å². The van der Waals surface area contributed by atoms with Gasteiger partial charge < -0.3 is 0 Å². The van der Waals surface area contributed by atoms with E-state index >= 15 is 0 Å². The Labute approximate surface area is 94.0 Å². The van der Waals surface area contributed by atoms with E-state index < -0.39 is 0 Å². The first-order valence-electron chi connectivity index (χ1n) is 6.39. The molecular weight excluding hydrogens is 186 g/mol. The second kappa shape index (κ2) is 5.64. The van der Waals surface area contributed by atoms with Gasteiger partial charge in [0.1, 0.15) is 5.78 Å². The molecule has 0 unspecified atom stereocenters. The number of rotatable bonds is 5. The standard InChI is InChI=1S/C13H25NO/c1-4-8-13(3,9-5-2)14-10-6-12(15)7-11-14/h4-11H2,1-3H3. The summed E-state index contributed by atoms with van der Waals surface area (Å²) < 4.78 is 0. The maximum Gasteiger partial charge on any atom is 0.135 e. The second-order valence-corrected chi connectivity index (χ2v) is 5.02. The molecule has 0 amide bonds. The van der Waals surface area contributed by atoms with E-state index in [9.17, 15) is 4.79 Å². The summed E-state index contributed by atoms with van der Waals surface area (Å²) in [4.78, 5) is 13.8. The molecule has 1 saturated heterocycles. The van der Waals surface area contributed by atoms with Crippen molar-refractivity contribution in [3.05, 3.63) is 0 Å². The summed E-state index contributed by atoms with van der Waals surface area (Å²) in [5.74, 6) is 0.446. The highest BCUT2D eigenvalue weighted by molar-refractivity contribution is 5.79. The van der Waals surface area contributed by atoms with Crippen molar-refractivity contribution in [2.24, 2.45) is 0 Å². The van der Waals surface area contributed by atoms with Crippen molar-refractivity contribution in [1.29, 1.82) is 0 Å². The Morgan fingerprint density at radius 3 is 2.00 bits per heavy atom. The minimum Gasteiger partial charge on any atom is -0.300 e. The summed E-state index contributed by atoms with van der Waals surface area (Å²) in [5, 5.41) is 0. The van der Waals surface area contributed by atoms with E-state index in [1.165, 1.54) is 25.7 Å². The smallest absolute Gasteiger partial charge is 0.135 e. The summed E-state index contributed by atoms with van der Waals surface area (Å²) in [7, 11) is 0. The lowest BCUT2D eigenvalue weighted by atomic mass is 9.87. The van der Waals surface area contributed by atoms with Gasteiger partial charge in [0, 0.05) is 31.5 Å². The van der Waals surface area contributed by atoms with Crippen molar-refractivity contribution in [2.75, 3.05) is 13.1 Å². The zero-order chi connectivity index (χ0) is 11.3. The number of piperidine rings is 1. The van der Waals surface area contributed by atoms with E-state index in [1.807, 2.05) is 0 Å². The zero-order valence-corrected chi connectivity index (χ0v) is 10.5. The van der Waals surface area contributed by atoms with Crippen LogP contribution in [0.25, 0.3) is 0 Å². The normalized spacial score (nSPS) is 19.5. The van der Waals surface area contributed by atoms with E-state index in [2.05, 4.69) is 25.7 Å². The van der Waals surface area contributed by atoms with Gasteiger partial charge in [0.2, 0.25) is 0 Å². The van der Waals surface area contributed by atoms with Crippen LogP contribution in [0.3, 0.4) is 0 Å². The molecular formula is C13H25NO. The Balaban J connectivity index is 2.58. The average molecular weight is 211 g/mol. The molecule has 1 rings (SSSR count). The number of ketones is 1. The molecule has 0 N–H and O–H groups in total. The molecule has 0 aromatic carbocycles. The van der Waals surface area contributed by atoms with Gasteiger partial charge in [-0.25, -0.2) is 0 Å². The molecule has 1 aliphatic heterocycles. The van der Waals surface area contributed by atoms with Crippen molar-refractivity contribution in [3.63, 3.8) is 0 Å². The Morgan fingerprint density at radius 1 is 1.13 bits per heavy atom. The largest absolute Gasteiger partial charge is 0.300 e. The molecule has 0 bridgehead atoms. The molecule has 0 saturated carbocycles. The average Bonchev–Trinajstić information content (AvgIpc) is 2.19. The monoisotopic (exact) mass is 211 g/mol. The molecule has 15 heavy (non-hydrogen) atoms. The number of likely N-dealkylation sites (tertiary alicyclic amines) is 1. The van der Waals surface area contributed by atoms with Gasteiger partial charge in [-0.15, -0.1) is 0 Å². The fourth-order valence-corrected chi connectivity index (χ4v) is 2.81. The van der Waals surface area contributed by atoms with Crippen LogP contribution >= 0.6 is 0 Å². The van der Waals surface area contributed by atoms with Gasteiger partial charge in [-0.3, -0.25) is 9.69 Å². The molecule has 88 valence electrons. The van der Waals surface area contributed by atoms with Crippen molar-refractivity contribution in [3.8, 4) is 0 Å². The van der Waals surface area contributed by atoms with Crippen LogP contribution in [0.4, 0.5) is 0 Å². The van der Waals surface area contributed by atoms with Crippen LogP contribution in [-0.2, 0) is 4.79 Å². The summed E-state index contributed by atoms with van der Waals surface area (Å²) >= 11 is 0. The lowest BCUT2D eigenvalue weighted by Crippen LogP contribution is -2.50. The maximum atomic E-state index is 11.2. The van der Waals surface area contributed by atoms with Crippen LogP contribution < -0.4 is 0 Å². The highest BCUT2D eigenvalue weighted by atomic mass is 16.1. The van der Waals surface area contributed by atoms with E-state index in [4.69, 9.17) is 0 Å². The molecule has 2 nitrogen and oxygen atoms in total. The number of hydrogen-bond acceptors (Lipinski definition) is 2. The third kappa shape index (κ3) is 3.30. The molecule has 0 spiro atoms. The number of Topliss-reactive ketones (excluding diaryl/α,β-unsaturated/α-hetero) is 1. The number of carbonyl (C=O) groups excluding carboxylic acids is 1. The Morgan fingerprint density at radius 2 is 1.60 bits per heavy atom. The number of carbonyl (C=O) groups is 1. The number of hydrogen-bond donors (Lipinski definition) is 0. The van der Waals surface area contributed by atoms with Crippen LogP contribution in [0.15, 0.2) is 0 Å². The third-order valence-electron chi connectivity index (χ3n) is 3.66. The van der Waals surface area contributed by atoms with Crippen LogP contribution in [0.5, 0.6) is 0 Å². The van der Waals surface area contributed by atoms with Crippen LogP contribution in [0.1, 0.15) is 59.3 Å². The summed E-state index contributed by atoms with van der Waals surface area (Å²) in [6, 6.07) is 0. The molecule has 2 heteroatoms. The van der Waals surface area contributed by atoms with Gasteiger partial charge in [0.15, 0.2) is 0 Å². The van der Waals surface area contributed by atoms with E-state index in [-0.39, 0.29) is 0 Å². The third-order valence-corrected chi connectivity index (χ3v) is 3.66. The maximum absolute atomic E-state index is 11.2. The zero-order valence-electron chi connectivity index (χ0n) is 10.5.